The van der Waals surface area contributed by atoms with Crippen molar-refractivity contribution in [3.05, 3.63) is 0 Å². The smallest absolute Gasteiger partial charge is 0.0165 e. The van der Waals surface area contributed by atoms with E-state index in [4.69, 9.17) is 5.73 Å². The van der Waals surface area contributed by atoms with Crippen molar-refractivity contribution >= 4 is 0 Å². The summed E-state index contributed by atoms with van der Waals surface area (Å²) < 4.78 is 0. The van der Waals surface area contributed by atoms with Gasteiger partial charge in [-0.05, 0) is 25.3 Å². The average Bonchev–Trinajstić information content (AvgIpc) is 2.01. The van der Waals surface area contributed by atoms with Crippen LogP contribution in [0.15, 0.2) is 0 Å². The van der Waals surface area contributed by atoms with Crippen LogP contribution in [0.5, 0.6) is 0 Å². The summed E-state index contributed by atoms with van der Waals surface area (Å²) in [6.45, 7) is 4.36. The number of hydrogen-bond donors (Lipinski definition) is 2. The van der Waals surface area contributed by atoms with Crippen molar-refractivity contribution in [2.24, 2.45) is 11.7 Å². The first-order chi connectivity index (χ1) is 6.33. The van der Waals surface area contributed by atoms with Gasteiger partial charge in [0.25, 0.3) is 0 Å². The van der Waals surface area contributed by atoms with E-state index in [0.29, 0.717) is 6.04 Å². The highest BCUT2D eigenvalue weighted by Gasteiger charge is 2.16. The molecule has 0 heterocycles. The Morgan fingerprint density at radius 1 is 1.46 bits per heavy atom. The summed E-state index contributed by atoms with van der Waals surface area (Å²) in [7, 11) is 0. The average molecular weight is 184 g/mol. The minimum absolute atomic E-state index is 0.367. The molecule has 3 N–H and O–H groups in total. The van der Waals surface area contributed by atoms with E-state index in [0.717, 1.165) is 18.9 Å². The van der Waals surface area contributed by atoms with Gasteiger partial charge in [-0.15, -0.1) is 0 Å². The third kappa shape index (κ3) is 4.63. The molecule has 1 fully saturated rings. The van der Waals surface area contributed by atoms with E-state index in [1.165, 1.54) is 38.6 Å². The van der Waals surface area contributed by atoms with E-state index >= 15 is 0 Å². The monoisotopic (exact) mass is 184 g/mol. The van der Waals surface area contributed by atoms with Crippen LogP contribution in [0.4, 0.5) is 0 Å². The van der Waals surface area contributed by atoms with E-state index in [-0.39, 0.29) is 0 Å². The van der Waals surface area contributed by atoms with Crippen LogP contribution in [0.3, 0.4) is 0 Å². The molecule has 0 saturated heterocycles. The fourth-order valence-corrected chi connectivity index (χ4v) is 1.85. The minimum atomic E-state index is 0.367. The molecule has 0 spiro atoms. The molecule has 0 aromatic heterocycles. The van der Waals surface area contributed by atoms with Gasteiger partial charge in [-0.3, -0.25) is 0 Å². The molecular formula is C11H24N2. The molecule has 2 nitrogen and oxygen atoms in total. The normalized spacial score (nSPS) is 19.8. The van der Waals surface area contributed by atoms with Crippen LogP contribution in [0.2, 0.25) is 0 Å². The molecule has 1 rings (SSSR count). The Labute approximate surface area is 82.3 Å². The number of hydrogen-bond acceptors (Lipinski definition) is 2. The molecule has 1 saturated carbocycles. The van der Waals surface area contributed by atoms with Crippen molar-refractivity contribution < 1.29 is 0 Å². The van der Waals surface area contributed by atoms with Crippen molar-refractivity contribution in [3.8, 4) is 0 Å². The summed E-state index contributed by atoms with van der Waals surface area (Å²) in [6, 6.07) is 0.367. The van der Waals surface area contributed by atoms with Gasteiger partial charge in [0.15, 0.2) is 0 Å². The molecule has 0 aromatic carbocycles. The fourth-order valence-electron chi connectivity index (χ4n) is 1.85. The summed E-state index contributed by atoms with van der Waals surface area (Å²) in [6.07, 6.45) is 8.09. The van der Waals surface area contributed by atoms with Crippen LogP contribution in [0, 0.1) is 5.92 Å². The highest BCUT2D eigenvalue weighted by Crippen LogP contribution is 2.28. The molecule has 1 aliphatic carbocycles. The van der Waals surface area contributed by atoms with Crippen molar-refractivity contribution in [2.45, 2.75) is 51.5 Å². The Kier molecular flexibility index (Phi) is 5.40. The second-order valence-electron chi connectivity index (χ2n) is 4.34. The number of nitrogens with one attached hydrogen (secondary N) is 1. The summed E-state index contributed by atoms with van der Waals surface area (Å²) >= 11 is 0. The molecule has 1 atom stereocenters. The van der Waals surface area contributed by atoms with Crippen LogP contribution in [-0.2, 0) is 0 Å². The van der Waals surface area contributed by atoms with Gasteiger partial charge in [-0.1, -0.05) is 32.6 Å². The minimum Gasteiger partial charge on any atom is -0.327 e. The first-order valence-corrected chi connectivity index (χ1v) is 5.79. The SMILES string of the molecule is CCCC(N)CNCCC1CCC1. The predicted molar refractivity (Wildman–Crippen MR) is 57.7 cm³/mol. The second kappa shape index (κ2) is 6.39. The number of nitrogens with two attached hydrogens (primary N) is 1. The summed E-state index contributed by atoms with van der Waals surface area (Å²) in [5, 5.41) is 3.44. The molecular weight excluding hydrogens is 160 g/mol. The maximum atomic E-state index is 5.89. The lowest BCUT2D eigenvalue weighted by molar-refractivity contribution is 0.291. The van der Waals surface area contributed by atoms with Gasteiger partial charge in [0, 0.05) is 12.6 Å². The van der Waals surface area contributed by atoms with Gasteiger partial charge in [0.1, 0.15) is 0 Å². The van der Waals surface area contributed by atoms with Crippen LogP contribution in [0.25, 0.3) is 0 Å². The zero-order valence-corrected chi connectivity index (χ0v) is 8.89. The Bertz CT molecular complexity index is 121. The standard InChI is InChI=1S/C11H24N2/c1-2-4-11(12)9-13-8-7-10-5-3-6-10/h10-11,13H,2-9,12H2,1H3. The van der Waals surface area contributed by atoms with Crippen LogP contribution in [0.1, 0.15) is 45.4 Å². The van der Waals surface area contributed by atoms with E-state index in [1.54, 1.807) is 0 Å². The molecule has 0 amide bonds. The lowest BCUT2D eigenvalue weighted by Gasteiger charge is -2.25. The van der Waals surface area contributed by atoms with E-state index in [9.17, 15) is 0 Å². The molecule has 0 aromatic rings. The zero-order chi connectivity index (χ0) is 9.52. The quantitative estimate of drug-likeness (QED) is 0.593. The van der Waals surface area contributed by atoms with Crippen LogP contribution in [-0.4, -0.2) is 19.1 Å². The highest BCUT2D eigenvalue weighted by molar-refractivity contribution is 4.71. The predicted octanol–water partition coefficient (Wildman–Crippen LogP) is 1.89. The summed E-state index contributed by atoms with van der Waals surface area (Å²) in [5.41, 5.74) is 5.89. The van der Waals surface area contributed by atoms with E-state index in [1.807, 2.05) is 0 Å². The molecule has 1 unspecified atom stereocenters. The molecule has 1 aliphatic rings. The Morgan fingerprint density at radius 2 is 2.23 bits per heavy atom. The lowest BCUT2D eigenvalue weighted by atomic mass is 9.83. The molecule has 78 valence electrons. The van der Waals surface area contributed by atoms with Crippen LogP contribution >= 0.6 is 0 Å². The van der Waals surface area contributed by atoms with E-state index in [2.05, 4.69) is 12.2 Å². The summed E-state index contributed by atoms with van der Waals surface area (Å²) in [4.78, 5) is 0. The maximum Gasteiger partial charge on any atom is 0.0165 e. The number of rotatable bonds is 7. The molecule has 2 heteroatoms. The van der Waals surface area contributed by atoms with Crippen molar-refractivity contribution in [3.63, 3.8) is 0 Å². The fraction of sp³-hybridized carbons (Fsp3) is 1.00. The van der Waals surface area contributed by atoms with Crippen molar-refractivity contribution in [1.29, 1.82) is 0 Å². The largest absolute Gasteiger partial charge is 0.327 e. The van der Waals surface area contributed by atoms with Crippen molar-refractivity contribution in [1.82, 2.24) is 5.32 Å². The summed E-state index contributed by atoms with van der Waals surface area (Å²) in [5.74, 6) is 1.02. The molecule has 0 radical (unpaired) electrons. The molecule has 0 bridgehead atoms. The van der Waals surface area contributed by atoms with E-state index < -0.39 is 0 Å². The van der Waals surface area contributed by atoms with Crippen molar-refractivity contribution in [2.75, 3.05) is 13.1 Å². The maximum absolute atomic E-state index is 5.89. The highest BCUT2D eigenvalue weighted by atomic mass is 14.9. The first kappa shape index (κ1) is 11.0. The first-order valence-electron chi connectivity index (χ1n) is 5.79. The third-order valence-corrected chi connectivity index (χ3v) is 3.02. The second-order valence-corrected chi connectivity index (χ2v) is 4.34. The zero-order valence-electron chi connectivity index (χ0n) is 8.89. The molecule has 0 aliphatic heterocycles. The van der Waals surface area contributed by atoms with Crippen LogP contribution < -0.4 is 11.1 Å². The topological polar surface area (TPSA) is 38.0 Å². The molecule has 13 heavy (non-hydrogen) atoms. The van der Waals surface area contributed by atoms with Gasteiger partial charge >= 0.3 is 0 Å². The van der Waals surface area contributed by atoms with Gasteiger partial charge in [-0.2, -0.15) is 0 Å². The van der Waals surface area contributed by atoms with Gasteiger partial charge in [-0.25, -0.2) is 0 Å². The van der Waals surface area contributed by atoms with Gasteiger partial charge in [0.2, 0.25) is 0 Å². The Hall–Kier alpha value is -0.0800. The third-order valence-electron chi connectivity index (χ3n) is 3.02. The van der Waals surface area contributed by atoms with Gasteiger partial charge in [0.05, 0.1) is 0 Å². The Balaban J connectivity index is 1.82. The Morgan fingerprint density at radius 3 is 2.77 bits per heavy atom. The van der Waals surface area contributed by atoms with Gasteiger partial charge < -0.3 is 11.1 Å². The lowest BCUT2D eigenvalue weighted by Crippen LogP contribution is -2.34.